The molecule has 1 aromatic carbocycles. The summed E-state index contributed by atoms with van der Waals surface area (Å²) in [5, 5.41) is 14.7. The maximum Gasteiger partial charge on any atom is 0.225 e. The highest BCUT2D eigenvalue weighted by atomic mass is 19.2. The molecule has 2 heterocycles. The smallest absolute Gasteiger partial charge is 0.225 e. The lowest BCUT2D eigenvalue weighted by Crippen LogP contribution is -2.10. The van der Waals surface area contributed by atoms with Gasteiger partial charge in [-0.25, -0.2) is 13.8 Å². The zero-order chi connectivity index (χ0) is 17.6. The Labute approximate surface area is 142 Å². The molecule has 128 valence electrons. The van der Waals surface area contributed by atoms with E-state index in [1.165, 1.54) is 6.07 Å². The number of pyridine rings is 1. The van der Waals surface area contributed by atoms with Gasteiger partial charge in [0, 0.05) is 30.6 Å². The van der Waals surface area contributed by atoms with Crippen molar-refractivity contribution in [2.45, 2.75) is 0 Å². The molecular weight excluding hydrogens is 328 g/mol. The molecule has 8 heteroatoms. The van der Waals surface area contributed by atoms with Crippen molar-refractivity contribution in [2.24, 2.45) is 0 Å². The molecule has 25 heavy (non-hydrogen) atoms. The number of aliphatic hydroxyl groups is 1. The normalized spacial score (nSPS) is 10.5. The van der Waals surface area contributed by atoms with E-state index in [1.807, 2.05) is 6.07 Å². The number of rotatable bonds is 6. The molecular formula is C17H15F2N5O. The van der Waals surface area contributed by atoms with Crippen LogP contribution >= 0.6 is 0 Å². The van der Waals surface area contributed by atoms with Crippen LogP contribution in [0.15, 0.2) is 48.7 Å². The monoisotopic (exact) mass is 343 g/mol. The molecule has 6 nitrogen and oxygen atoms in total. The van der Waals surface area contributed by atoms with Gasteiger partial charge in [-0.3, -0.25) is 4.98 Å². The van der Waals surface area contributed by atoms with E-state index in [0.717, 1.165) is 12.1 Å². The van der Waals surface area contributed by atoms with Crippen LogP contribution in [0.3, 0.4) is 0 Å². The molecule has 0 saturated heterocycles. The van der Waals surface area contributed by atoms with Crippen LogP contribution in [-0.4, -0.2) is 33.2 Å². The average molecular weight is 343 g/mol. The summed E-state index contributed by atoms with van der Waals surface area (Å²) in [5.74, 6) is -1.22. The average Bonchev–Trinajstić information content (AvgIpc) is 2.63. The molecule has 0 radical (unpaired) electrons. The number of hydrogen-bond acceptors (Lipinski definition) is 6. The molecule has 0 unspecified atom stereocenters. The van der Waals surface area contributed by atoms with Gasteiger partial charge in [-0.2, -0.15) is 4.98 Å². The third-order valence-corrected chi connectivity index (χ3v) is 3.24. The Hall–Kier alpha value is -3.13. The highest BCUT2D eigenvalue weighted by Crippen LogP contribution is 2.23. The molecule has 0 aliphatic rings. The van der Waals surface area contributed by atoms with Gasteiger partial charge in [-0.05, 0) is 24.3 Å². The molecule has 0 saturated carbocycles. The fourth-order valence-corrected chi connectivity index (χ4v) is 2.13. The van der Waals surface area contributed by atoms with Crippen molar-refractivity contribution in [2.75, 3.05) is 23.8 Å². The lowest BCUT2D eigenvalue weighted by molar-refractivity contribution is 0.311. The van der Waals surface area contributed by atoms with Gasteiger partial charge in [-0.1, -0.05) is 6.07 Å². The van der Waals surface area contributed by atoms with Crippen LogP contribution < -0.4 is 10.6 Å². The fourth-order valence-electron chi connectivity index (χ4n) is 2.13. The number of hydrogen-bond donors (Lipinski definition) is 3. The summed E-state index contributed by atoms with van der Waals surface area (Å²) in [5.41, 5.74) is 1.52. The van der Waals surface area contributed by atoms with E-state index in [1.54, 1.807) is 24.4 Å². The molecule has 0 bridgehead atoms. The second-order valence-electron chi connectivity index (χ2n) is 5.08. The Morgan fingerprint density at radius 1 is 0.960 bits per heavy atom. The van der Waals surface area contributed by atoms with Crippen LogP contribution in [-0.2, 0) is 0 Å². The third kappa shape index (κ3) is 4.24. The third-order valence-electron chi connectivity index (χ3n) is 3.24. The summed E-state index contributed by atoms with van der Waals surface area (Å²) in [7, 11) is 0. The van der Waals surface area contributed by atoms with Crippen molar-refractivity contribution in [3.8, 4) is 11.4 Å². The lowest BCUT2D eigenvalue weighted by Gasteiger charge is -2.11. The van der Waals surface area contributed by atoms with E-state index in [2.05, 4.69) is 25.6 Å². The predicted octanol–water partition coefficient (Wildman–Crippen LogP) is 2.96. The zero-order valence-electron chi connectivity index (χ0n) is 13.1. The molecule has 0 atom stereocenters. The van der Waals surface area contributed by atoms with Gasteiger partial charge in [0.05, 0.1) is 18.0 Å². The first-order chi connectivity index (χ1) is 12.2. The highest BCUT2D eigenvalue weighted by Gasteiger charge is 2.09. The van der Waals surface area contributed by atoms with Crippen LogP contribution in [0.4, 0.5) is 26.2 Å². The summed E-state index contributed by atoms with van der Waals surface area (Å²) < 4.78 is 26.4. The number of nitrogens with zero attached hydrogens (tertiary/aromatic N) is 3. The molecule has 0 amide bonds. The van der Waals surface area contributed by atoms with Crippen molar-refractivity contribution in [3.63, 3.8) is 0 Å². The summed E-state index contributed by atoms with van der Waals surface area (Å²) in [6.07, 6.45) is 1.64. The molecule has 0 aliphatic carbocycles. The standard InChI is InChI=1S/C17H15F2N5O/c18-12-5-4-11(9-13(12)19)22-16-10-15(14-3-1-2-6-20-14)23-17(24-16)21-7-8-25/h1-6,9-10,25H,7-8H2,(H2,21,22,23,24). The van der Waals surface area contributed by atoms with Crippen molar-refractivity contribution in [1.82, 2.24) is 15.0 Å². The summed E-state index contributed by atoms with van der Waals surface area (Å²) >= 11 is 0. The first-order valence-corrected chi connectivity index (χ1v) is 7.53. The van der Waals surface area contributed by atoms with Crippen molar-refractivity contribution in [1.29, 1.82) is 0 Å². The van der Waals surface area contributed by atoms with Crippen molar-refractivity contribution >= 4 is 17.5 Å². The Morgan fingerprint density at radius 2 is 1.84 bits per heavy atom. The minimum Gasteiger partial charge on any atom is -0.395 e. The quantitative estimate of drug-likeness (QED) is 0.638. The van der Waals surface area contributed by atoms with Crippen LogP contribution in [0.1, 0.15) is 0 Å². The Kier molecular flexibility index (Phi) is 5.10. The second-order valence-corrected chi connectivity index (χ2v) is 5.08. The van der Waals surface area contributed by atoms with Crippen molar-refractivity contribution < 1.29 is 13.9 Å². The first-order valence-electron chi connectivity index (χ1n) is 7.53. The molecule has 2 aromatic heterocycles. The number of aromatic nitrogens is 3. The van der Waals surface area contributed by atoms with Gasteiger partial charge in [0.15, 0.2) is 11.6 Å². The molecule has 0 aliphatic heterocycles. The molecule has 3 N–H and O–H groups in total. The summed E-state index contributed by atoms with van der Waals surface area (Å²) in [4.78, 5) is 12.8. The second kappa shape index (κ2) is 7.63. The van der Waals surface area contributed by atoms with E-state index in [4.69, 9.17) is 5.11 Å². The van der Waals surface area contributed by atoms with Gasteiger partial charge < -0.3 is 15.7 Å². The highest BCUT2D eigenvalue weighted by molar-refractivity contribution is 5.65. The molecule has 3 rings (SSSR count). The Morgan fingerprint density at radius 3 is 2.56 bits per heavy atom. The maximum atomic E-state index is 13.4. The molecule has 0 fully saturated rings. The fraction of sp³-hybridized carbons (Fsp3) is 0.118. The van der Waals surface area contributed by atoms with Gasteiger partial charge in [0.25, 0.3) is 0 Å². The zero-order valence-corrected chi connectivity index (χ0v) is 13.1. The summed E-state index contributed by atoms with van der Waals surface area (Å²) in [6.45, 7) is 0.194. The largest absolute Gasteiger partial charge is 0.395 e. The van der Waals surface area contributed by atoms with Gasteiger partial charge in [0.2, 0.25) is 5.95 Å². The van der Waals surface area contributed by atoms with Gasteiger partial charge in [-0.15, -0.1) is 0 Å². The minimum absolute atomic E-state index is 0.0802. The van der Waals surface area contributed by atoms with E-state index in [0.29, 0.717) is 22.9 Å². The summed E-state index contributed by atoms with van der Waals surface area (Å²) in [6, 6.07) is 10.5. The van der Waals surface area contributed by atoms with E-state index in [-0.39, 0.29) is 19.1 Å². The minimum atomic E-state index is -0.956. The topological polar surface area (TPSA) is 83.0 Å². The maximum absolute atomic E-state index is 13.4. The number of halogens is 2. The van der Waals surface area contributed by atoms with Crippen LogP contribution in [0.25, 0.3) is 11.4 Å². The van der Waals surface area contributed by atoms with E-state index < -0.39 is 11.6 Å². The number of nitrogens with one attached hydrogen (secondary N) is 2. The van der Waals surface area contributed by atoms with Crippen LogP contribution in [0.2, 0.25) is 0 Å². The molecule has 3 aromatic rings. The van der Waals surface area contributed by atoms with E-state index in [9.17, 15) is 8.78 Å². The van der Waals surface area contributed by atoms with Gasteiger partial charge >= 0.3 is 0 Å². The lowest BCUT2D eigenvalue weighted by atomic mass is 10.2. The molecule has 0 spiro atoms. The van der Waals surface area contributed by atoms with Gasteiger partial charge in [0.1, 0.15) is 5.82 Å². The predicted molar refractivity (Wildman–Crippen MR) is 90.5 cm³/mol. The Balaban J connectivity index is 1.95. The number of aliphatic hydroxyl groups excluding tert-OH is 1. The van der Waals surface area contributed by atoms with Crippen LogP contribution in [0, 0.1) is 11.6 Å². The number of anilines is 3. The van der Waals surface area contributed by atoms with E-state index >= 15 is 0 Å². The number of benzene rings is 1. The first kappa shape index (κ1) is 16.7. The Bertz CT molecular complexity index is 861. The SMILES string of the molecule is OCCNc1nc(Nc2ccc(F)c(F)c2)cc(-c2ccccn2)n1. The van der Waals surface area contributed by atoms with Crippen molar-refractivity contribution in [3.05, 3.63) is 60.3 Å². The van der Waals surface area contributed by atoms with Crippen LogP contribution in [0.5, 0.6) is 0 Å².